The number of aromatic nitrogens is 3. The summed E-state index contributed by atoms with van der Waals surface area (Å²) in [6, 6.07) is 2.50. The molecule has 2 aromatic rings. The van der Waals surface area contributed by atoms with Gasteiger partial charge < -0.3 is 9.88 Å². The van der Waals surface area contributed by atoms with Crippen LogP contribution in [0.4, 0.5) is 0 Å². The average molecular weight is 286 g/mol. The standard InChI is InChI=1S/C17H26N4/c1-13(2)21-15-7-10-19-12-14(15)20-16(21)11-17(18-3)8-5-4-6-9-17/h7,10,12-13,18H,4-6,8-9,11H2,1-3H3. The molecular weight excluding hydrogens is 260 g/mol. The van der Waals surface area contributed by atoms with Crippen molar-refractivity contribution in [3.63, 3.8) is 0 Å². The first kappa shape index (κ1) is 14.5. The predicted octanol–water partition coefficient (Wildman–Crippen LogP) is 3.48. The third-order valence-electron chi connectivity index (χ3n) is 4.92. The molecule has 1 aliphatic rings. The van der Waals surface area contributed by atoms with Gasteiger partial charge in [-0.1, -0.05) is 19.3 Å². The highest BCUT2D eigenvalue weighted by molar-refractivity contribution is 5.74. The Kier molecular flexibility index (Phi) is 3.98. The summed E-state index contributed by atoms with van der Waals surface area (Å²) in [5, 5.41) is 3.61. The van der Waals surface area contributed by atoms with Gasteiger partial charge in [-0.25, -0.2) is 4.98 Å². The fourth-order valence-electron chi connectivity index (χ4n) is 3.75. The van der Waals surface area contributed by atoms with Crippen LogP contribution in [0.3, 0.4) is 0 Å². The second-order valence-corrected chi connectivity index (χ2v) is 6.62. The van der Waals surface area contributed by atoms with Crippen LogP contribution >= 0.6 is 0 Å². The van der Waals surface area contributed by atoms with Crippen molar-refractivity contribution in [3.05, 3.63) is 24.3 Å². The molecule has 1 saturated carbocycles. The largest absolute Gasteiger partial charge is 0.325 e. The number of rotatable bonds is 4. The Hall–Kier alpha value is -1.42. The summed E-state index contributed by atoms with van der Waals surface area (Å²) in [4.78, 5) is 9.10. The fourth-order valence-corrected chi connectivity index (χ4v) is 3.75. The van der Waals surface area contributed by atoms with E-state index in [0.29, 0.717) is 6.04 Å². The van der Waals surface area contributed by atoms with Gasteiger partial charge in [0.15, 0.2) is 0 Å². The zero-order valence-electron chi connectivity index (χ0n) is 13.4. The lowest BCUT2D eigenvalue weighted by Gasteiger charge is -2.37. The van der Waals surface area contributed by atoms with Gasteiger partial charge in [0.1, 0.15) is 11.3 Å². The van der Waals surface area contributed by atoms with Crippen LogP contribution in [-0.2, 0) is 6.42 Å². The maximum absolute atomic E-state index is 4.88. The van der Waals surface area contributed by atoms with Crippen molar-refractivity contribution in [2.75, 3.05) is 7.05 Å². The molecule has 0 amide bonds. The van der Waals surface area contributed by atoms with E-state index in [0.717, 1.165) is 11.9 Å². The highest BCUT2D eigenvalue weighted by Crippen LogP contribution is 2.32. The molecule has 2 heterocycles. The lowest BCUT2D eigenvalue weighted by Crippen LogP contribution is -2.47. The number of hydrogen-bond donors (Lipinski definition) is 1. The first-order chi connectivity index (χ1) is 10.2. The van der Waals surface area contributed by atoms with Crippen LogP contribution in [0.15, 0.2) is 18.5 Å². The molecule has 1 fully saturated rings. The van der Waals surface area contributed by atoms with Gasteiger partial charge in [-0.05, 0) is 39.8 Å². The van der Waals surface area contributed by atoms with Crippen molar-refractivity contribution in [1.82, 2.24) is 19.9 Å². The molecule has 0 atom stereocenters. The third kappa shape index (κ3) is 2.69. The Bertz CT molecular complexity index is 608. The molecule has 2 aromatic heterocycles. The molecule has 114 valence electrons. The van der Waals surface area contributed by atoms with Gasteiger partial charge in [0.05, 0.1) is 11.7 Å². The number of pyridine rings is 1. The van der Waals surface area contributed by atoms with Crippen LogP contribution < -0.4 is 5.32 Å². The first-order valence-electron chi connectivity index (χ1n) is 8.15. The number of imidazole rings is 1. The topological polar surface area (TPSA) is 42.7 Å². The van der Waals surface area contributed by atoms with E-state index >= 15 is 0 Å². The van der Waals surface area contributed by atoms with E-state index < -0.39 is 0 Å². The molecular formula is C17H26N4. The lowest BCUT2D eigenvalue weighted by molar-refractivity contribution is 0.238. The number of hydrogen-bond acceptors (Lipinski definition) is 3. The Morgan fingerprint density at radius 1 is 1.29 bits per heavy atom. The monoisotopic (exact) mass is 286 g/mol. The third-order valence-corrected chi connectivity index (χ3v) is 4.92. The Balaban J connectivity index is 2.01. The van der Waals surface area contributed by atoms with Gasteiger partial charge in [0.25, 0.3) is 0 Å². The van der Waals surface area contributed by atoms with Gasteiger partial charge in [-0.2, -0.15) is 0 Å². The molecule has 21 heavy (non-hydrogen) atoms. The van der Waals surface area contributed by atoms with Gasteiger partial charge in [-0.3, -0.25) is 4.98 Å². The van der Waals surface area contributed by atoms with E-state index in [2.05, 4.69) is 41.8 Å². The summed E-state index contributed by atoms with van der Waals surface area (Å²) in [6.45, 7) is 4.47. The summed E-state index contributed by atoms with van der Waals surface area (Å²) in [6.07, 6.45) is 11.3. The minimum Gasteiger partial charge on any atom is -0.325 e. The number of fused-ring (bicyclic) bond motifs is 1. The zero-order valence-corrected chi connectivity index (χ0v) is 13.4. The van der Waals surface area contributed by atoms with Crippen molar-refractivity contribution < 1.29 is 0 Å². The summed E-state index contributed by atoms with van der Waals surface area (Å²) in [5.74, 6) is 1.20. The van der Waals surface area contributed by atoms with E-state index in [-0.39, 0.29) is 5.54 Å². The number of nitrogens with one attached hydrogen (secondary N) is 1. The van der Waals surface area contributed by atoms with E-state index in [9.17, 15) is 0 Å². The highest BCUT2D eigenvalue weighted by atomic mass is 15.1. The highest BCUT2D eigenvalue weighted by Gasteiger charge is 2.32. The van der Waals surface area contributed by atoms with Crippen molar-refractivity contribution in [1.29, 1.82) is 0 Å². The van der Waals surface area contributed by atoms with Gasteiger partial charge in [0, 0.05) is 24.2 Å². The molecule has 1 aliphatic carbocycles. The maximum atomic E-state index is 4.88. The Labute approximate surface area is 127 Å². The molecule has 0 spiro atoms. The lowest BCUT2D eigenvalue weighted by atomic mass is 9.79. The zero-order chi connectivity index (χ0) is 14.9. The maximum Gasteiger partial charge on any atom is 0.112 e. The summed E-state index contributed by atoms with van der Waals surface area (Å²) in [7, 11) is 2.11. The Morgan fingerprint density at radius 2 is 2.05 bits per heavy atom. The summed E-state index contributed by atoms with van der Waals surface area (Å²) in [5.41, 5.74) is 2.44. The molecule has 0 aliphatic heterocycles. The predicted molar refractivity (Wildman–Crippen MR) is 86.5 cm³/mol. The fraction of sp³-hybridized carbons (Fsp3) is 0.647. The molecule has 4 nitrogen and oxygen atoms in total. The molecule has 0 bridgehead atoms. The quantitative estimate of drug-likeness (QED) is 0.935. The molecule has 0 aromatic carbocycles. The van der Waals surface area contributed by atoms with Crippen LogP contribution in [0.25, 0.3) is 11.0 Å². The minimum absolute atomic E-state index is 0.222. The molecule has 1 N–H and O–H groups in total. The van der Waals surface area contributed by atoms with Crippen molar-refractivity contribution in [2.24, 2.45) is 0 Å². The van der Waals surface area contributed by atoms with E-state index in [1.807, 2.05) is 12.4 Å². The van der Waals surface area contributed by atoms with Gasteiger partial charge >= 0.3 is 0 Å². The number of likely N-dealkylation sites (N-methyl/N-ethyl adjacent to an activating group) is 1. The molecule has 4 heteroatoms. The average Bonchev–Trinajstić information content (AvgIpc) is 2.85. The van der Waals surface area contributed by atoms with Crippen LogP contribution in [0, 0.1) is 0 Å². The molecule has 3 rings (SSSR count). The van der Waals surface area contributed by atoms with Gasteiger partial charge in [0.2, 0.25) is 0 Å². The van der Waals surface area contributed by atoms with Crippen molar-refractivity contribution >= 4 is 11.0 Å². The minimum atomic E-state index is 0.222. The van der Waals surface area contributed by atoms with E-state index in [1.165, 1.54) is 43.4 Å². The van der Waals surface area contributed by atoms with Crippen LogP contribution in [0.5, 0.6) is 0 Å². The van der Waals surface area contributed by atoms with Crippen LogP contribution in [0.2, 0.25) is 0 Å². The van der Waals surface area contributed by atoms with Gasteiger partial charge in [-0.15, -0.1) is 0 Å². The normalized spacial score (nSPS) is 18.5. The summed E-state index contributed by atoms with van der Waals surface area (Å²) < 4.78 is 2.38. The van der Waals surface area contributed by atoms with Crippen molar-refractivity contribution in [3.8, 4) is 0 Å². The second-order valence-electron chi connectivity index (χ2n) is 6.62. The smallest absolute Gasteiger partial charge is 0.112 e. The molecule has 0 saturated heterocycles. The van der Waals surface area contributed by atoms with E-state index in [4.69, 9.17) is 4.98 Å². The number of nitrogens with zero attached hydrogens (tertiary/aromatic N) is 3. The van der Waals surface area contributed by atoms with Crippen LogP contribution in [0.1, 0.15) is 57.8 Å². The van der Waals surface area contributed by atoms with E-state index in [1.54, 1.807) is 0 Å². The molecule has 0 unspecified atom stereocenters. The van der Waals surface area contributed by atoms with Crippen LogP contribution in [-0.4, -0.2) is 27.1 Å². The summed E-state index contributed by atoms with van der Waals surface area (Å²) >= 11 is 0. The molecule has 0 radical (unpaired) electrons. The Morgan fingerprint density at radius 3 is 2.71 bits per heavy atom. The first-order valence-corrected chi connectivity index (χ1v) is 8.15. The SMILES string of the molecule is CNC1(Cc2nc3cnccc3n2C(C)C)CCCCC1. The van der Waals surface area contributed by atoms with Crippen molar-refractivity contribution in [2.45, 2.75) is 64.0 Å². The second kappa shape index (κ2) is 5.76.